The van der Waals surface area contributed by atoms with Gasteiger partial charge in [-0.2, -0.15) is 0 Å². The van der Waals surface area contributed by atoms with Crippen molar-refractivity contribution in [2.45, 2.75) is 45.6 Å². The highest BCUT2D eigenvalue weighted by Crippen LogP contribution is 2.65. The maximum Gasteiger partial charge on any atom is 0.0136 e. The molecule has 0 spiro atoms. The molecule has 2 nitrogen and oxygen atoms in total. The normalized spacial score (nSPS) is 53.2. The van der Waals surface area contributed by atoms with Crippen LogP contribution < -0.4 is 10.6 Å². The second kappa shape index (κ2) is 3.96. The third-order valence-electron chi connectivity index (χ3n) is 6.93. The van der Waals surface area contributed by atoms with Crippen molar-refractivity contribution in [3.05, 3.63) is 0 Å². The lowest BCUT2D eigenvalue weighted by atomic mass is 9.76. The molecular weight excluding hydrogens is 220 g/mol. The largest absolute Gasteiger partial charge is 0.316 e. The van der Waals surface area contributed by atoms with Gasteiger partial charge in [0, 0.05) is 19.1 Å². The van der Waals surface area contributed by atoms with Gasteiger partial charge in [0.05, 0.1) is 0 Å². The van der Waals surface area contributed by atoms with E-state index in [1.54, 1.807) is 19.3 Å². The SMILES string of the molecule is CC(C)C1(CNC2C3C4CCC(C4)C23)CCNC1. The van der Waals surface area contributed by atoms with E-state index in [-0.39, 0.29) is 0 Å². The minimum absolute atomic E-state index is 0.538. The van der Waals surface area contributed by atoms with Gasteiger partial charge >= 0.3 is 0 Å². The molecule has 2 heteroatoms. The molecule has 2 N–H and O–H groups in total. The van der Waals surface area contributed by atoms with Crippen LogP contribution in [-0.4, -0.2) is 25.7 Å². The third kappa shape index (κ3) is 1.54. The van der Waals surface area contributed by atoms with Crippen molar-refractivity contribution >= 4 is 0 Å². The molecule has 0 aromatic carbocycles. The molecule has 4 aliphatic rings. The van der Waals surface area contributed by atoms with Crippen molar-refractivity contribution in [1.82, 2.24) is 10.6 Å². The lowest BCUT2D eigenvalue weighted by Gasteiger charge is -2.33. The first-order valence-corrected chi connectivity index (χ1v) is 8.15. The van der Waals surface area contributed by atoms with Gasteiger partial charge in [0.1, 0.15) is 0 Å². The summed E-state index contributed by atoms with van der Waals surface area (Å²) in [7, 11) is 0. The maximum atomic E-state index is 3.98. The van der Waals surface area contributed by atoms with Crippen LogP contribution in [0.1, 0.15) is 39.5 Å². The Bertz CT molecular complexity index is 316. The van der Waals surface area contributed by atoms with Crippen molar-refractivity contribution in [3.8, 4) is 0 Å². The van der Waals surface area contributed by atoms with Gasteiger partial charge in [-0.05, 0) is 67.2 Å². The molecule has 0 aromatic rings. The van der Waals surface area contributed by atoms with Crippen molar-refractivity contribution in [2.75, 3.05) is 19.6 Å². The number of hydrogen-bond donors (Lipinski definition) is 2. The van der Waals surface area contributed by atoms with Crippen molar-refractivity contribution in [2.24, 2.45) is 35.0 Å². The summed E-state index contributed by atoms with van der Waals surface area (Å²) in [5, 5.41) is 7.56. The number of nitrogens with one attached hydrogen (secondary N) is 2. The van der Waals surface area contributed by atoms with Crippen molar-refractivity contribution in [3.63, 3.8) is 0 Å². The maximum absolute atomic E-state index is 3.98. The molecular formula is C16H28N2. The van der Waals surface area contributed by atoms with Crippen LogP contribution in [0.3, 0.4) is 0 Å². The Balaban J connectivity index is 1.37. The molecule has 5 atom stereocenters. The summed E-state index contributed by atoms with van der Waals surface area (Å²) >= 11 is 0. The lowest BCUT2D eigenvalue weighted by Crippen LogP contribution is -2.42. The predicted octanol–water partition coefficient (Wildman–Crippen LogP) is 2.26. The first kappa shape index (κ1) is 11.7. The molecule has 0 amide bonds. The monoisotopic (exact) mass is 248 g/mol. The molecule has 0 radical (unpaired) electrons. The van der Waals surface area contributed by atoms with Crippen LogP contribution in [0.2, 0.25) is 0 Å². The van der Waals surface area contributed by atoms with E-state index in [0.29, 0.717) is 5.41 Å². The zero-order chi connectivity index (χ0) is 12.3. The summed E-state index contributed by atoms with van der Waals surface area (Å²) < 4.78 is 0. The summed E-state index contributed by atoms with van der Waals surface area (Å²) in [4.78, 5) is 0. The molecule has 0 aromatic heterocycles. The Labute approximate surface area is 111 Å². The summed E-state index contributed by atoms with van der Waals surface area (Å²) in [5.74, 6) is 5.18. The molecule has 102 valence electrons. The van der Waals surface area contributed by atoms with Gasteiger partial charge in [-0.15, -0.1) is 0 Å². The number of hydrogen-bond acceptors (Lipinski definition) is 2. The van der Waals surface area contributed by atoms with Crippen molar-refractivity contribution < 1.29 is 0 Å². The number of rotatable bonds is 4. The van der Waals surface area contributed by atoms with Crippen LogP contribution in [0.15, 0.2) is 0 Å². The van der Waals surface area contributed by atoms with E-state index in [1.165, 1.54) is 26.1 Å². The lowest BCUT2D eigenvalue weighted by molar-refractivity contribution is 0.203. The highest BCUT2D eigenvalue weighted by molar-refractivity contribution is 5.17. The molecule has 2 bridgehead atoms. The molecule has 1 heterocycles. The Morgan fingerprint density at radius 3 is 2.50 bits per heavy atom. The molecule has 1 aliphatic heterocycles. The fourth-order valence-corrected chi connectivity index (χ4v) is 5.53. The van der Waals surface area contributed by atoms with Crippen LogP contribution in [0.25, 0.3) is 0 Å². The smallest absolute Gasteiger partial charge is 0.0136 e. The second-order valence-electron chi connectivity index (χ2n) is 7.84. The fourth-order valence-electron chi connectivity index (χ4n) is 5.53. The zero-order valence-corrected chi connectivity index (χ0v) is 11.9. The Kier molecular flexibility index (Phi) is 2.58. The van der Waals surface area contributed by atoms with E-state index >= 15 is 0 Å². The zero-order valence-electron chi connectivity index (χ0n) is 11.9. The fraction of sp³-hybridized carbons (Fsp3) is 1.00. The topological polar surface area (TPSA) is 24.1 Å². The Hall–Kier alpha value is -0.0800. The van der Waals surface area contributed by atoms with Gasteiger partial charge in [0.25, 0.3) is 0 Å². The van der Waals surface area contributed by atoms with E-state index in [9.17, 15) is 0 Å². The Morgan fingerprint density at radius 2 is 1.94 bits per heavy atom. The quantitative estimate of drug-likeness (QED) is 0.797. The molecule has 1 saturated heterocycles. The van der Waals surface area contributed by atoms with Crippen LogP contribution >= 0.6 is 0 Å². The van der Waals surface area contributed by atoms with Gasteiger partial charge < -0.3 is 10.6 Å². The molecule has 4 fully saturated rings. The average Bonchev–Trinajstić information content (AvgIpc) is 2.82. The van der Waals surface area contributed by atoms with Crippen LogP contribution in [0.4, 0.5) is 0 Å². The van der Waals surface area contributed by atoms with E-state index in [2.05, 4.69) is 24.5 Å². The minimum atomic E-state index is 0.538. The summed E-state index contributed by atoms with van der Waals surface area (Å²) in [6, 6.07) is 0.910. The molecule has 3 aliphatic carbocycles. The van der Waals surface area contributed by atoms with E-state index in [1.807, 2.05) is 0 Å². The predicted molar refractivity (Wildman–Crippen MR) is 74.4 cm³/mol. The summed E-state index contributed by atoms with van der Waals surface area (Å²) in [6.07, 6.45) is 6.03. The average molecular weight is 248 g/mol. The summed E-state index contributed by atoms with van der Waals surface area (Å²) in [6.45, 7) is 8.53. The first-order valence-electron chi connectivity index (χ1n) is 8.15. The summed E-state index contributed by atoms with van der Waals surface area (Å²) in [5.41, 5.74) is 0.538. The van der Waals surface area contributed by atoms with E-state index in [0.717, 1.165) is 35.6 Å². The standard InChI is InChI=1S/C16H28N2/c1-10(2)16(5-6-17-8-16)9-18-15-13-11-3-4-12(7-11)14(13)15/h10-15,17-18H,3-9H2,1-2H3. The Morgan fingerprint density at radius 1 is 1.22 bits per heavy atom. The number of fused-ring (bicyclic) bond motifs is 5. The molecule has 4 rings (SSSR count). The molecule has 3 saturated carbocycles. The second-order valence-corrected chi connectivity index (χ2v) is 7.84. The minimum Gasteiger partial charge on any atom is -0.316 e. The van der Waals surface area contributed by atoms with Crippen LogP contribution in [0, 0.1) is 35.0 Å². The van der Waals surface area contributed by atoms with E-state index < -0.39 is 0 Å². The van der Waals surface area contributed by atoms with Crippen LogP contribution in [0.5, 0.6) is 0 Å². The van der Waals surface area contributed by atoms with Gasteiger partial charge in [-0.1, -0.05) is 13.8 Å². The first-order chi connectivity index (χ1) is 8.71. The molecule has 18 heavy (non-hydrogen) atoms. The van der Waals surface area contributed by atoms with Crippen LogP contribution in [-0.2, 0) is 0 Å². The van der Waals surface area contributed by atoms with Crippen molar-refractivity contribution in [1.29, 1.82) is 0 Å². The molecule has 5 unspecified atom stereocenters. The van der Waals surface area contributed by atoms with Gasteiger partial charge in [-0.25, -0.2) is 0 Å². The highest BCUT2D eigenvalue weighted by Gasteiger charge is 2.64. The van der Waals surface area contributed by atoms with Gasteiger partial charge in [-0.3, -0.25) is 0 Å². The third-order valence-corrected chi connectivity index (χ3v) is 6.93. The van der Waals surface area contributed by atoms with E-state index in [4.69, 9.17) is 0 Å². The van der Waals surface area contributed by atoms with Gasteiger partial charge in [0.2, 0.25) is 0 Å². The van der Waals surface area contributed by atoms with Gasteiger partial charge in [0.15, 0.2) is 0 Å². The highest BCUT2D eigenvalue weighted by atomic mass is 15.0.